The molecule has 1 atom stereocenters. The molecule has 6 rings (SSSR count). The van der Waals surface area contributed by atoms with Crippen LogP contribution in [0.2, 0.25) is 0 Å². The first-order valence-corrected chi connectivity index (χ1v) is 11.3. The van der Waals surface area contributed by atoms with Crippen molar-refractivity contribution in [1.29, 1.82) is 0 Å². The summed E-state index contributed by atoms with van der Waals surface area (Å²) in [5.74, 6) is 0.435. The van der Waals surface area contributed by atoms with Crippen molar-refractivity contribution < 1.29 is 0 Å². The van der Waals surface area contributed by atoms with Crippen LogP contribution in [0.4, 0.5) is 5.69 Å². The van der Waals surface area contributed by atoms with E-state index in [4.69, 9.17) is 0 Å². The molecule has 0 radical (unpaired) electrons. The Balaban J connectivity index is 1.65. The predicted molar refractivity (Wildman–Crippen MR) is 125 cm³/mol. The molecule has 3 aliphatic rings. The molecule has 0 fully saturated rings. The van der Waals surface area contributed by atoms with Crippen molar-refractivity contribution in [3.05, 3.63) is 118 Å². The third kappa shape index (κ3) is 2.76. The second-order valence-electron chi connectivity index (χ2n) is 8.72. The van der Waals surface area contributed by atoms with Crippen LogP contribution in [0.5, 0.6) is 0 Å². The minimum absolute atomic E-state index is 0.435. The van der Waals surface area contributed by atoms with Crippen molar-refractivity contribution in [3.63, 3.8) is 0 Å². The third-order valence-corrected chi connectivity index (χ3v) is 7.06. The average Bonchev–Trinajstić information content (AvgIpc) is 2.83. The Kier molecular flexibility index (Phi) is 4.34. The largest absolute Gasteiger partial charge is 0.314 e. The summed E-state index contributed by atoms with van der Waals surface area (Å²) in [5.41, 5.74) is 12.0. The van der Waals surface area contributed by atoms with E-state index in [-0.39, 0.29) is 0 Å². The standard InChI is InChI=1S/C29H27N/c1-3-12-22(13-4-1)28-25-17-9-10-18-27(25)30(23-14-5-2-6-15-23)29-24-16-8-7-11-21(24)19-20-26(28)29/h1-8,11-16,28H,9-10,17-20H2. The number of para-hydroxylation sites is 1. The molecule has 3 aromatic carbocycles. The van der Waals surface area contributed by atoms with E-state index in [0.29, 0.717) is 5.92 Å². The molecule has 148 valence electrons. The maximum atomic E-state index is 2.63. The number of benzene rings is 3. The fourth-order valence-electron chi connectivity index (χ4n) is 5.81. The first-order chi connectivity index (χ1) is 14.9. The van der Waals surface area contributed by atoms with Gasteiger partial charge in [0.1, 0.15) is 0 Å². The van der Waals surface area contributed by atoms with Gasteiger partial charge >= 0.3 is 0 Å². The SMILES string of the molecule is c1ccc(C2C3=C(CCCC3)N(c3ccccc3)C3=C2CCc2ccccc23)cc1. The van der Waals surface area contributed by atoms with E-state index in [9.17, 15) is 0 Å². The summed E-state index contributed by atoms with van der Waals surface area (Å²) in [6, 6.07) is 31.4. The zero-order chi connectivity index (χ0) is 19.9. The van der Waals surface area contributed by atoms with Gasteiger partial charge in [-0.3, -0.25) is 0 Å². The number of fused-ring (bicyclic) bond motifs is 2. The monoisotopic (exact) mass is 389 g/mol. The Bertz CT molecular complexity index is 1140. The van der Waals surface area contributed by atoms with E-state index >= 15 is 0 Å². The predicted octanol–water partition coefficient (Wildman–Crippen LogP) is 7.48. The van der Waals surface area contributed by atoms with E-state index in [0.717, 1.165) is 12.8 Å². The van der Waals surface area contributed by atoms with Crippen LogP contribution in [0, 0.1) is 0 Å². The molecule has 2 aliphatic carbocycles. The number of nitrogens with zero attached hydrogens (tertiary/aromatic N) is 1. The lowest BCUT2D eigenvalue weighted by Gasteiger charge is -2.45. The molecule has 0 bridgehead atoms. The molecule has 1 aliphatic heterocycles. The Morgan fingerprint density at radius 2 is 1.30 bits per heavy atom. The molecule has 1 heteroatoms. The van der Waals surface area contributed by atoms with Gasteiger partial charge in [-0.05, 0) is 72.9 Å². The van der Waals surface area contributed by atoms with Gasteiger partial charge in [0.05, 0.1) is 5.70 Å². The van der Waals surface area contributed by atoms with Gasteiger partial charge in [0.25, 0.3) is 0 Å². The molecule has 30 heavy (non-hydrogen) atoms. The molecule has 0 aromatic heterocycles. The van der Waals surface area contributed by atoms with Gasteiger partial charge in [-0.1, -0.05) is 72.8 Å². The fraction of sp³-hybridized carbons (Fsp3) is 0.241. The lowest BCUT2D eigenvalue weighted by molar-refractivity contribution is 0.608. The van der Waals surface area contributed by atoms with Crippen LogP contribution >= 0.6 is 0 Å². The van der Waals surface area contributed by atoms with Crippen LogP contribution in [0.3, 0.4) is 0 Å². The summed E-state index contributed by atoms with van der Waals surface area (Å²) in [5, 5.41) is 0. The van der Waals surface area contributed by atoms with Gasteiger partial charge in [0.2, 0.25) is 0 Å². The fourth-order valence-corrected chi connectivity index (χ4v) is 5.81. The molecule has 1 heterocycles. The summed E-state index contributed by atoms with van der Waals surface area (Å²) in [4.78, 5) is 2.63. The molecule has 0 amide bonds. The van der Waals surface area contributed by atoms with Gasteiger partial charge in [-0.25, -0.2) is 0 Å². The molecule has 0 N–H and O–H groups in total. The van der Waals surface area contributed by atoms with Crippen molar-refractivity contribution in [3.8, 4) is 0 Å². The van der Waals surface area contributed by atoms with Crippen molar-refractivity contribution in [2.75, 3.05) is 4.90 Å². The highest BCUT2D eigenvalue weighted by Crippen LogP contribution is 2.53. The van der Waals surface area contributed by atoms with Crippen LogP contribution in [0.1, 0.15) is 54.7 Å². The second-order valence-corrected chi connectivity index (χ2v) is 8.72. The Morgan fingerprint density at radius 1 is 0.600 bits per heavy atom. The molecular formula is C29H27N. The van der Waals surface area contributed by atoms with E-state index in [1.54, 1.807) is 16.8 Å². The average molecular weight is 390 g/mol. The van der Waals surface area contributed by atoms with Gasteiger partial charge in [-0.2, -0.15) is 0 Å². The third-order valence-electron chi connectivity index (χ3n) is 7.06. The smallest absolute Gasteiger partial charge is 0.0535 e. The summed E-state index contributed by atoms with van der Waals surface area (Å²) in [7, 11) is 0. The number of hydrogen-bond acceptors (Lipinski definition) is 1. The molecule has 1 nitrogen and oxygen atoms in total. The Labute approximate surface area is 179 Å². The molecule has 1 unspecified atom stereocenters. The highest BCUT2D eigenvalue weighted by Gasteiger charge is 2.39. The minimum atomic E-state index is 0.435. The van der Waals surface area contributed by atoms with Crippen LogP contribution in [0.25, 0.3) is 5.70 Å². The quantitative estimate of drug-likeness (QED) is 0.439. The molecule has 0 saturated carbocycles. The van der Waals surface area contributed by atoms with Crippen molar-refractivity contribution >= 4 is 11.4 Å². The van der Waals surface area contributed by atoms with Gasteiger partial charge in [0.15, 0.2) is 0 Å². The molecule has 0 saturated heterocycles. The summed E-state index contributed by atoms with van der Waals surface area (Å²) in [6.07, 6.45) is 7.27. The lowest BCUT2D eigenvalue weighted by Crippen LogP contribution is -2.34. The maximum Gasteiger partial charge on any atom is 0.0535 e. The first-order valence-electron chi connectivity index (χ1n) is 11.3. The van der Waals surface area contributed by atoms with E-state index < -0.39 is 0 Å². The van der Waals surface area contributed by atoms with Crippen LogP contribution in [-0.2, 0) is 6.42 Å². The zero-order valence-corrected chi connectivity index (χ0v) is 17.4. The highest BCUT2D eigenvalue weighted by atomic mass is 15.2. The summed E-state index contributed by atoms with van der Waals surface area (Å²) < 4.78 is 0. The maximum absolute atomic E-state index is 2.63. The van der Waals surface area contributed by atoms with E-state index in [1.165, 1.54) is 53.8 Å². The summed E-state index contributed by atoms with van der Waals surface area (Å²) >= 11 is 0. The van der Waals surface area contributed by atoms with E-state index in [1.807, 2.05) is 0 Å². The van der Waals surface area contributed by atoms with Crippen LogP contribution < -0.4 is 4.90 Å². The van der Waals surface area contributed by atoms with Crippen molar-refractivity contribution in [1.82, 2.24) is 0 Å². The Morgan fingerprint density at radius 3 is 2.13 bits per heavy atom. The van der Waals surface area contributed by atoms with Gasteiger partial charge in [0, 0.05) is 22.9 Å². The second kappa shape index (κ2) is 7.32. The number of anilines is 1. The summed E-state index contributed by atoms with van der Waals surface area (Å²) in [6.45, 7) is 0. The normalized spacial score (nSPS) is 20.5. The molecule has 0 spiro atoms. The highest BCUT2D eigenvalue weighted by molar-refractivity contribution is 5.90. The number of allylic oxidation sites excluding steroid dienone is 3. The van der Waals surface area contributed by atoms with Gasteiger partial charge in [-0.15, -0.1) is 0 Å². The first kappa shape index (κ1) is 17.8. The topological polar surface area (TPSA) is 3.24 Å². The Hall–Kier alpha value is -3.06. The zero-order valence-electron chi connectivity index (χ0n) is 17.4. The van der Waals surface area contributed by atoms with Crippen molar-refractivity contribution in [2.45, 2.75) is 44.4 Å². The van der Waals surface area contributed by atoms with Crippen LogP contribution in [0.15, 0.2) is 102 Å². The van der Waals surface area contributed by atoms with E-state index in [2.05, 4.69) is 89.8 Å². The number of rotatable bonds is 2. The van der Waals surface area contributed by atoms with Crippen molar-refractivity contribution in [2.24, 2.45) is 0 Å². The van der Waals surface area contributed by atoms with Crippen LogP contribution in [-0.4, -0.2) is 0 Å². The number of hydrogen-bond donors (Lipinski definition) is 0. The molecule has 3 aromatic rings. The lowest BCUT2D eigenvalue weighted by atomic mass is 9.70. The molecular weight excluding hydrogens is 362 g/mol. The minimum Gasteiger partial charge on any atom is -0.314 e. The number of aryl methyl sites for hydroxylation is 1. The van der Waals surface area contributed by atoms with Gasteiger partial charge < -0.3 is 4.90 Å².